The van der Waals surface area contributed by atoms with Gasteiger partial charge in [0, 0.05) is 38.4 Å². The number of carbonyl (C=O) groups is 1. The Kier molecular flexibility index (Phi) is 3.23. The average Bonchev–Trinajstić information content (AvgIpc) is 2.97. The lowest BCUT2D eigenvalue weighted by atomic mass is 10.2. The molecule has 100 valence electrons. The maximum absolute atomic E-state index is 11.8. The number of imidazole rings is 1. The fraction of sp³-hybridized carbons (Fsp3) is 0.455. The van der Waals surface area contributed by atoms with Gasteiger partial charge in [-0.1, -0.05) is 5.21 Å². The first-order chi connectivity index (χ1) is 9.33. The van der Waals surface area contributed by atoms with Gasteiger partial charge < -0.3 is 15.6 Å². The summed E-state index contributed by atoms with van der Waals surface area (Å²) in [6.07, 6.45) is 5.80. The molecule has 0 saturated carbocycles. The van der Waals surface area contributed by atoms with Crippen LogP contribution in [-0.2, 0) is 6.42 Å². The molecule has 0 bridgehead atoms. The molecule has 0 spiro atoms. The molecule has 2 aromatic rings. The number of aromatic nitrogens is 5. The summed E-state index contributed by atoms with van der Waals surface area (Å²) >= 11 is 0. The minimum atomic E-state index is -0.204. The quantitative estimate of drug-likeness (QED) is 0.649. The highest BCUT2D eigenvalue weighted by Gasteiger charge is 2.21. The van der Waals surface area contributed by atoms with Crippen molar-refractivity contribution in [3.8, 4) is 0 Å². The Hall–Kier alpha value is -2.22. The van der Waals surface area contributed by atoms with Crippen molar-refractivity contribution in [2.24, 2.45) is 0 Å². The fourth-order valence-electron chi connectivity index (χ4n) is 1.84. The molecule has 1 fully saturated rings. The van der Waals surface area contributed by atoms with Crippen LogP contribution in [0.4, 0.5) is 0 Å². The van der Waals surface area contributed by atoms with Gasteiger partial charge in [-0.3, -0.25) is 4.79 Å². The highest BCUT2D eigenvalue weighted by atomic mass is 16.2. The highest BCUT2D eigenvalue weighted by Crippen LogP contribution is 2.09. The zero-order chi connectivity index (χ0) is 13.1. The Bertz CT molecular complexity index is 543. The SMILES string of the molecule is O=C(NCCc1ncc[nH]1)c1cn(C2CNC2)nn1. The molecule has 1 amide bonds. The third-order valence-corrected chi connectivity index (χ3v) is 3.08. The Morgan fingerprint density at radius 3 is 3.11 bits per heavy atom. The average molecular weight is 261 g/mol. The minimum Gasteiger partial charge on any atom is -0.350 e. The predicted octanol–water partition coefficient (Wildman–Crippen LogP) is -0.882. The Morgan fingerprint density at radius 2 is 2.42 bits per heavy atom. The first-order valence-corrected chi connectivity index (χ1v) is 6.22. The number of amides is 1. The molecule has 1 saturated heterocycles. The maximum Gasteiger partial charge on any atom is 0.273 e. The number of rotatable bonds is 5. The topological polar surface area (TPSA) is 101 Å². The van der Waals surface area contributed by atoms with E-state index in [1.54, 1.807) is 23.3 Å². The van der Waals surface area contributed by atoms with Crippen LogP contribution < -0.4 is 10.6 Å². The molecule has 0 radical (unpaired) electrons. The second kappa shape index (κ2) is 5.19. The van der Waals surface area contributed by atoms with E-state index in [2.05, 4.69) is 30.9 Å². The number of hydrogen-bond donors (Lipinski definition) is 3. The van der Waals surface area contributed by atoms with Gasteiger partial charge in [-0.2, -0.15) is 0 Å². The van der Waals surface area contributed by atoms with Gasteiger partial charge >= 0.3 is 0 Å². The molecule has 8 nitrogen and oxygen atoms in total. The van der Waals surface area contributed by atoms with E-state index in [4.69, 9.17) is 0 Å². The van der Waals surface area contributed by atoms with Crippen LogP contribution in [0.1, 0.15) is 22.4 Å². The first-order valence-electron chi connectivity index (χ1n) is 6.22. The normalized spacial score (nSPS) is 15.2. The molecular formula is C11H15N7O. The third kappa shape index (κ3) is 2.63. The van der Waals surface area contributed by atoms with E-state index in [1.165, 1.54) is 0 Å². The van der Waals surface area contributed by atoms with Crippen LogP contribution in [0.3, 0.4) is 0 Å². The molecule has 0 aliphatic carbocycles. The van der Waals surface area contributed by atoms with Gasteiger partial charge in [0.15, 0.2) is 5.69 Å². The van der Waals surface area contributed by atoms with Crippen LogP contribution >= 0.6 is 0 Å². The molecule has 8 heteroatoms. The van der Waals surface area contributed by atoms with Gasteiger partial charge in [-0.05, 0) is 0 Å². The largest absolute Gasteiger partial charge is 0.350 e. The van der Waals surface area contributed by atoms with E-state index >= 15 is 0 Å². The van der Waals surface area contributed by atoms with Crippen LogP contribution in [0.2, 0.25) is 0 Å². The van der Waals surface area contributed by atoms with Crippen molar-refractivity contribution in [1.82, 2.24) is 35.6 Å². The summed E-state index contributed by atoms with van der Waals surface area (Å²) in [4.78, 5) is 18.9. The van der Waals surface area contributed by atoms with Gasteiger partial charge in [0.1, 0.15) is 5.82 Å². The van der Waals surface area contributed by atoms with Gasteiger partial charge in [0.2, 0.25) is 0 Å². The van der Waals surface area contributed by atoms with E-state index < -0.39 is 0 Å². The molecule has 19 heavy (non-hydrogen) atoms. The molecule has 2 aromatic heterocycles. The number of aromatic amines is 1. The summed E-state index contributed by atoms with van der Waals surface area (Å²) in [6.45, 7) is 2.27. The van der Waals surface area contributed by atoms with E-state index in [1.807, 2.05) is 0 Å². The van der Waals surface area contributed by atoms with Crippen LogP contribution in [0.25, 0.3) is 0 Å². The molecule has 3 N–H and O–H groups in total. The van der Waals surface area contributed by atoms with E-state index in [0.717, 1.165) is 18.9 Å². The summed E-state index contributed by atoms with van der Waals surface area (Å²) in [5.41, 5.74) is 0.353. The number of hydrogen-bond acceptors (Lipinski definition) is 5. The van der Waals surface area contributed by atoms with Crippen molar-refractivity contribution in [2.75, 3.05) is 19.6 Å². The van der Waals surface area contributed by atoms with Crippen LogP contribution in [0, 0.1) is 0 Å². The van der Waals surface area contributed by atoms with Gasteiger partial charge in [0.05, 0.1) is 12.2 Å². The summed E-state index contributed by atoms with van der Waals surface area (Å²) in [5.74, 6) is 0.648. The second-order valence-electron chi connectivity index (χ2n) is 4.44. The summed E-state index contributed by atoms with van der Waals surface area (Å²) in [7, 11) is 0. The molecule has 3 rings (SSSR count). The standard InChI is InChI=1S/C11H15N7O/c19-11(15-2-1-10-13-3-4-14-10)9-7-18(17-16-9)8-5-12-6-8/h3-4,7-8,12H,1-2,5-6H2,(H,13,14)(H,15,19). The molecule has 0 aromatic carbocycles. The smallest absolute Gasteiger partial charge is 0.273 e. The number of nitrogens with zero attached hydrogens (tertiary/aromatic N) is 4. The van der Waals surface area contributed by atoms with Crippen molar-refractivity contribution >= 4 is 5.91 Å². The zero-order valence-electron chi connectivity index (χ0n) is 10.3. The minimum absolute atomic E-state index is 0.204. The molecule has 0 atom stereocenters. The summed E-state index contributed by atoms with van der Waals surface area (Å²) in [6, 6.07) is 0.317. The van der Waals surface area contributed by atoms with Crippen molar-refractivity contribution in [3.63, 3.8) is 0 Å². The summed E-state index contributed by atoms with van der Waals surface area (Å²) in [5, 5.41) is 13.8. The van der Waals surface area contributed by atoms with E-state index in [9.17, 15) is 4.79 Å². The molecule has 1 aliphatic heterocycles. The Balaban J connectivity index is 1.50. The van der Waals surface area contributed by atoms with Crippen molar-refractivity contribution in [2.45, 2.75) is 12.5 Å². The number of carbonyl (C=O) groups excluding carboxylic acids is 1. The molecule has 1 aliphatic rings. The van der Waals surface area contributed by atoms with Crippen molar-refractivity contribution < 1.29 is 4.79 Å². The fourth-order valence-corrected chi connectivity index (χ4v) is 1.84. The van der Waals surface area contributed by atoms with Crippen molar-refractivity contribution in [3.05, 3.63) is 30.1 Å². The Labute approximate surface area is 109 Å². The van der Waals surface area contributed by atoms with E-state index in [-0.39, 0.29) is 5.91 Å². The van der Waals surface area contributed by atoms with E-state index in [0.29, 0.717) is 24.7 Å². The number of nitrogens with one attached hydrogen (secondary N) is 3. The van der Waals surface area contributed by atoms with Gasteiger partial charge in [0.25, 0.3) is 5.91 Å². The van der Waals surface area contributed by atoms with Gasteiger partial charge in [-0.25, -0.2) is 9.67 Å². The van der Waals surface area contributed by atoms with Gasteiger partial charge in [-0.15, -0.1) is 5.10 Å². The van der Waals surface area contributed by atoms with Crippen LogP contribution in [0.15, 0.2) is 18.6 Å². The number of H-pyrrole nitrogens is 1. The second-order valence-corrected chi connectivity index (χ2v) is 4.44. The first kappa shape index (κ1) is 11.8. The van der Waals surface area contributed by atoms with Crippen LogP contribution in [0.5, 0.6) is 0 Å². The molecular weight excluding hydrogens is 246 g/mol. The molecule has 3 heterocycles. The van der Waals surface area contributed by atoms with Crippen molar-refractivity contribution in [1.29, 1.82) is 0 Å². The predicted molar refractivity (Wildman–Crippen MR) is 66.6 cm³/mol. The Morgan fingerprint density at radius 1 is 1.53 bits per heavy atom. The highest BCUT2D eigenvalue weighted by molar-refractivity contribution is 5.91. The third-order valence-electron chi connectivity index (χ3n) is 3.08. The molecule has 0 unspecified atom stereocenters. The van der Waals surface area contributed by atoms with Crippen LogP contribution in [-0.4, -0.2) is 50.5 Å². The maximum atomic E-state index is 11.8. The summed E-state index contributed by atoms with van der Waals surface area (Å²) < 4.78 is 1.73. The monoisotopic (exact) mass is 261 g/mol. The zero-order valence-corrected chi connectivity index (χ0v) is 10.3. The lowest BCUT2D eigenvalue weighted by Gasteiger charge is -2.26. The lowest BCUT2D eigenvalue weighted by molar-refractivity contribution is 0.0949. The lowest BCUT2D eigenvalue weighted by Crippen LogP contribution is -2.43.